The summed E-state index contributed by atoms with van der Waals surface area (Å²) in [4.78, 5) is 16.2. The number of imidazole rings is 1. The van der Waals surface area contributed by atoms with Crippen LogP contribution in [0.15, 0.2) is 48.8 Å². The number of fused-ring (bicyclic) bond motifs is 1. The fraction of sp³-hybridized carbons (Fsp3) is 0.0667. The van der Waals surface area contributed by atoms with Crippen molar-refractivity contribution >= 4 is 17.3 Å². The molecule has 0 saturated heterocycles. The third-order valence-corrected chi connectivity index (χ3v) is 3.07. The first-order chi connectivity index (χ1) is 9.69. The number of aromatic nitrogens is 2. The third-order valence-electron chi connectivity index (χ3n) is 3.07. The number of pyridine rings is 1. The maximum absolute atomic E-state index is 11.7. The van der Waals surface area contributed by atoms with Gasteiger partial charge in [0.15, 0.2) is 5.65 Å². The number of benzene rings is 1. The van der Waals surface area contributed by atoms with Gasteiger partial charge < -0.3 is 14.9 Å². The number of nitrogens with two attached hydrogens (primary N) is 1. The van der Waals surface area contributed by atoms with Crippen LogP contribution < -0.4 is 5.73 Å². The number of nitrogens with zero attached hydrogens (tertiary/aromatic N) is 2. The standard InChI is InChI=1S/C15H13N3O2/c1-20-15(19)12-6-3-7-18-9-13(17-14(12)18)10-4-2-5-11(16)8-10/h2-9H,16H2,1H3. The predicted octanol–water partition coefficient (Wildman–Crippen LogP) is 2.37. The van der Waals surface area contributed by atoms with E-state index in [1.54, 1.807) is 16.5 Å². The van der Waals surface area contributed by atoms with E-state index in [9.17, 15) is 4.79 Å². The topological polar surface area (TPSA) is 69.6 Å². The van der Waals surface area contributed by atoms with Gasteiger partial charge in [0, 0.05) is 23.6 Å². The second-order valence-corrected chi connectivity index (χ2v) is 4.40. The number of nitrogen functional groups attached to an aromatic ring is 1. The smallest absolute Gasteiger partial charge is 0.341 e. The molecule has 0 fully saturated rings. The van der Waals surface area contributed by atoms with Crippen molar-refractivity contribution in [3.63, 3.8) is 0 Å². The minimum absolute atomic E-state index is 0.402. The Kier molecular flexibility index (Phi) is 2.87. The first-order valence-corrected chi connectivity index (χ1v) is 6.11. The Morgan fingerprint density at radius 1 is 1.30 bits per heavy atom. The van der Waals surface area contributed by atoms with E-state index in [4.69, 9.17) is 10.5 Å². The number of rotatable bonds is 2. The Morgan fingerprint density at radius 2 is 2.15 bits per heavy atom. The number of anilines is 1. The molecule has 0 spiro atoms. The number of carbonyl (C=O) groups excluding carboxylic acids is 1. The van der Waals surface area contributed by atoms with E-state index in [1.807, 2.05) is 36.7 Å². The summed E-state index contributed by atoms with van der Waals surface area (Å²) in [6.45, 7) is 0. The van der Waals surface area contributed by atoms with E-state index < -0.39 is 5.97 Å². The van der Waals surface area contributed by atoms with Gasteiger partial charge in [-0.3, -0.25) is 0 Å². The first kappa shape index (κ1) is 12.2. The summed E-state index contributed by atoms with van der Waals surface area (Å²) in [6.07, 6.45) is 3.70. The highest BCUT2D eigenvalue weighted by Crippen LogP contribution is 2.22. The fourth-order valence-electron chi connectivity index (χ4n) is 2.12. The highest BCUT2D eigenvalue weighted by atomic mass is 16.5. The summed E-state index contributed by atoms with van der Waals surface area (Å²) in [7, 11) is 1.35. The van der Waals surface area contributed by atoms with E-state index in [2.05, 4.69) is 4.98 Å². The molecule has 2 heterocycles. The molecule has 0 aliphatic carbocycles. The number of hydrogen-bond donors (Lipinski definition) is 1. The molecule has 0 radical (unpaired) electrons. The van der Waals surface area contributed by atoms with Gasteiger partial charge in [0.1, 0.15) is 5.56 Å². The summed E-state index contributed by atoms with van der Waals surface area (Å²) < 4.78 is 6.56. The second-order valence-electron chi connectivity index (χ2n) is 4.40. The van der Waals surface area contributed by atoms with E-state index in [1.165, 1.54) is 7.11 Å². The van der Waals surface area contributed by atoms with Crippen LogP contribution in [0.1, 0.15) is 10.4 Å². The van der Waals surface area contributed by atoms with Gasteiger partial charge in [0.05, 0.1) is 12.8 Å². The van der Waals surface area contributed by atoms with Crippen molar-refractivity contribution in [1.29, 1.82) is 0 Å². The van der Waals surface area contributed by atoms with Crippen LogP contribution in [-0.4, -0.2) is 22.5 Å². The van der Waals surface area contributed by atoms with Crippen molar-refractivity contribution in [3.8, 4) is 11.3 Å². The van der Waals surface area contributed by atoms with Crippen LogP contribution in [0.4, 0.5) is 5.69 Å². The molecular weight excluding hydrogens is 254 g/mol. The lowest BCUT2D eigenvalue weighted by molar-refractivity contribution is 0.0602. The number of hydrogen-bond acceptors (Lipinski definition) is 4. The lowest BCUT2D eigenvalue weighted by Crippen LogP contribution is -2.03. The van der Waals surface area contributed by atoms with Gasteiger partial charge in [-0.25, -0.2) is 9.78 Å². The van der Waals surface area contributed by atoms with Crippen LogP contribution in [-0.2, 0) is 4.74 Å². The molecule has 3 aromatic rings. The maximum atomic E-state index is 11.7. The van der Waals surface area contributed by atoms with E-state index >= 15 is 0 Å². The average Bonchev–Trinajstić information content (AvgIpc) is 2.90. The van der Waals surface area contributed by atoms with Gasteiger partial charge in [-0.1, -0.05) is 12.1 Å². The number of esters is 1. The van der Waals surface area contributed by atoms with Gasteiger partial charge in [0.25, 0.3) is 0 Å². The van der Waals surface area contributed by atoms with E-state index in [0.29, 0.717) is 16.9 Å². The monoisotopic (exact) mass is 267 g/mol. The first-order valence-electron chi connectivity index (χ1n) is 6.11. The highest BCUT2D eigenvalue weighted by Gasteiger charge is 2.13. The molecule has 0 amide bonds. The Morgan fingerprint density at radius 3 is 2.90 bits per heavy atom. The summed E-state index contributed by atoms with van der Waals surface area (Å²) in [5, 5.41) is 0. The SMILES string of the molecule is COC(=O)c1cccn2cc(-c3cccc(N)c3)nc12. The van der Waals surface area contributed by atoms with Crippen molar-refractivity contribution < 1.29 is 9.53 Å². The third kappa shape index (κ3) is 1.99. The molecule has 2 aromatic heterocycles. The summed E-state index contributed by atoms with van der Waals surface area (Å²) in [5.74, 6) is -0.402. The number of carbonyl (C=O) groups is 1. The van der Waals surface area contributed by atoms with Gasteiger partial charge in [-0.05, 0) is 24.3 Å². The normalized spacial score (nSPS) is 10.7. The van der Waals surface area contributed by atoms with E-state index in [0.717, 1.165) is 11.3 Å². The van der Waals surface area contributed by atoms with Crippen LogP contribution in [0.25, 0.3) is 16.9 Å². The molecule has 0 saturated carbocycles. The quantitative estimate of drug-likeness (QED) is 0.571. The zero-order valence-electron chi connectivity index (χ0n) is 10.9. The highest BCUT2D eigenvalue weighted by molar-refractivity contribution is 5.96. The average molecular weight is 267 g/mol. The van der Waals surface area contributed by atoms with Crippen LogP contribution in [0.3, 0.4) is 0 Å². The molecule has 0 aliphatic rings. The van der Waals surface area contributed by atoms with Crippen LogP contribution >= 0.6 is 0 Å². The van der Waals surface area contributed by atoms with Gasteiger partial charge >= 0.3 is 5.97 Å². The molecule has 0 aliphatic heterocycles. The molecule has 20 heavy (non-hydrogen) atoms. The zero-order chi connectivity index (χ0) is 14.1. The number of methoxy groups -OCH3 is 1. The Labute approximate surface area is 115 Å². The molecule has 2 N–H and O–H groups in total. The lowest BCUT2D eigenvalue weighted by atomic mass is 10.1. The molecule has 100 valence electrons. The molecular formula is C15H13N3O2. The molecule has 0 atom stereocenters. The second kappa shape index (κ2) is 4.70. The summed E-state index contributed by atoms with van der Waals surface area (Å²) >= 11 is 0. The van der Waals surface area contributed by atoms with Gasteiger partial charge in [-0.15, -0.1) is 0 Å². The maximum Gasteiger partial charge on any atom is 0.341 e. The van der Waals surface area contributed by atoms with Crippen molar-refractivity contribution in [2.45, 2.75) is 0 Å². The molecule has 0 unspecified atom stereocenters. The van der Waals surface area contributed by atoms with E-state index in [-0.39, 0.29) is 0 Å². The van der Waals surface area contributed by atoms with Crippen molar-refractivity contribution in [2.75, 3.05) is 12.8 Å². The largest absolute Gasteiger partial charge is 0.465 e. The minimum atomic E-state index is -0.402. The molecule has 5 heteroatoms. The Balaban J connectivity index is 2.18. The fourth-order valence-corrected chi connectivity index (χ4v) is 2.12. The van der Waals surface area contributed by atoms with Gasteiger partial charge in [-0.2, -0.15) is 0 Å². The van der Waals surface area contributed by atoms with Crippen molar-refractivity contribution in [2.24, 2.45) is 0 Å². The van der Waals surface area contributed by atoms with Crippen LogP contribution in [0.5, 0.6) is 0 Å². The Hall–Kier alpha value is -2.82. The molecule has 3 rings (SSSR count). The zero-order valence-corrected chi connectivity index (χ0v) is 10.9. The predicted molar refractivity (Wildman–Crippen MR) is 76.4 cm³/mol. The van der Waals surface area contributed by atoms with Crippen LogP contribution in [0, 0.1) is 0 Å². The van der Waals surface area contributed by atoms with Crippen molar-refractivity contribution in [1.82, 2.24) is 9.38 Å². The molecule has 5 nitrogen and oxygen atoms in total. The Bertz CT molecular complexity index is 793. The summed E-state index contributed by atoms with van der Waals surface area (Å²) in [5.41, 5.74) is 9.12. The number of ether oxygens (including phenoxy) is 1. The van der Waals surface area contributed by atoms with Crippen LogP contribution in [0.2, 0.25) is 0 Å². The van der Waals surface area contributed by atoms with Gasteiger partial charge in [0.2, 0.25) is 0 Å². The van der Waals surface area contributed by atoms with Crippen molar-refractivity contribution in [3.05, 3.63) is 54.4 Å². The summed E-state index contributed by atoms with van der Waals surface area (Å²) in [6, 6.07) is 10.9. The lowest BCUT2D eigenvalue weighted by Gasteiger charge is -2.00. The minimum Gasteiger partial charge on any atom is -0.465 e. The molecule has 1 aromatic carbocycles. The molecule has 0 bridgehead atoms.